The van der Waals surface area contributed by atoms with Crippen molar-refractivity contribution in [3.63, 3.8) is 0 Å². The highest BCUT2D eigenvalue weighted by Crippen LogP contribution is 2.47. The lowest BCUT2D eigenvalue weighted by Gasteiger charge is -2.08. The number of ether oxygens (including phenoxy) is 1. The smallest absolute Gasteiger partial charge is 0.167 e. The Balaban J connectivity index is 1.69. The van der Waals surface area contributed by atoms with Gasteiger partial charge in [0, 0.05) is 5.56 Å². The molecule has 0 aliphatic carbocycles. The van der Waals surface area contributed by atoms with Gasteiger partial charge in [-0.1, -0.05) is 24.3 Å². The Kier molecular flexibility index (Phi) is 5.35. The van der Waals surface area contributed by atoms with Gasteiger partial charge in [-0.3, -0.25) is 5.43 Å². The number of benzene rings is 2. The van der Waals surface area contributed by atoms with E-state index in [9.17, 15) is 9.50 Å². The second-order valence-electron chi connectivity index (χ2n) is 6.03. The third-order valence-electron chi connectivity index (χ3n) is 4.13. The van der Waals surface area contributed by atoms with Crippen molar-refractivity contribution in [1.29, 1.82) is 0 Å². The van der Waals surface area contributed by atoms with Crippen LogP contribution in [0.3, 0.4) is 0 Å². The maximum absolute atomic E-state index is 13.0. The predicted molar refractivity (Wildman–Crippen MR) is 113 cm³/mol. The fourth-order valence-electron chi connectivity index (χ4n) is 2.81. The molecule has 146 valence electrons. The third kappa shape index (κ3) is 3.88. The number of para-hydroxylation sites is 1. The van der Waals surface area contributed by atoms with Gasteiger partial charge < -0.3 is 9.84 Å². The fraction of sp³-hybridized carbons (Fsp3) is 0.0952. The summed E-state index contributed by atoms with van der Waals surface area (Å²) in [5, 5.41) is 14.9. The topological polar surface area (TPSA) is 79.6 Å². The molecule has 6 nitrogen and oxygen atoms in total. The minimum absolute atomic E-state index is 0.0742. The first-order chi connectivity index (χ1) is 14.2. The zero-order valence-electron chi connectivity index (χ0n) is 15.5. The summed E-state index contributed by atoms with van der Waals surface area (Å²) >= 11 is 1.35. The molecule has 0 aliphatic rings. The van der Waals surface area contributed by atoms with E-state index >= 15 is 0 Å². The molecule has 2 N–H and O–H groups in total. The Morgan fingerprint density at radius 3 is 2.76 bits per heavy atom. The van der Waals surface area contributed by atoms with Crippen LogP contribution >= 0.6 is 11.3 Å². The summed E-state index contributed by atoms with van der Waals surface area (Å²) in [7, 11) is 0. The molecule has 0 unspecified atom stereocenters. The molecule has 0 radical (unpaired) electrons. The van der Waals surface area contributed by atoms with E-state index in [-0.39, 0.29) is 11.6 Å². The van der Waals surface area contributed by atoms with E-state index in [0.717, 1.165) is 11.1 Å². The molecule has 0 atom stereocenters. The number of nitrogens with one attached hydrogen (secondary N) is 1. The Bertz CT molecular complexity index is 1180. The van der Waals surface area contributed by atoms with Crippen LogP contribution in [0.5, 0.6) is 11.5 Å². The van der Waals surface area contributed by atoms with Crippen molar-refractivity contribution < 1.29 is 14.2 Å². The number of aromatic hydroxyl groups is 1. The van der Waals surface area contributed by atoms with Gasteiger partial charge in [0.15, 0.2) is 11.6 Å². The molecule has 4 rings (SSSR count). The molecule has 29 heavy (non-hydrogen) atoms. The minimum atomic E-state index is -0.304. The number of hydrogen-bond acceptors (Lipinski definition) is 7. The molecule has 0 spiro atoms. The SMILES string of the molecule is CCOc1ccccc1-c1sc2c(NN=Cc3ccc(F)cc3)ncnc2c1O. The minimum Gasteiger partial charge on any atom is -0.504 e. The second-order valence-corrected chi connectivity index (χ2v) is 7.05. The molecule has 2 aromatic heterocycles. The fourth-order valence-corrected chi connectivity index (χ4v) is 3.93. The summed E-state index contributed by atoms with van der Waals surface area (Å²) in [6.45, 7) is 2.43. The molecule has 0 saturated carbocycles. The van der Waals surface area contributed by atoms with Crippen LogP contribution < -0.4 is 10.2 Å². The maximum atomic E-state index is 13.0. The summed E-state index contributed by atoms with van der Waals surface area (Å²) in [4.78, 5) is 9.09. The van der Waals surface area contributed by atoms with Crippen molar-refractivity contribution in [1.82, 2.24) is 9.97 Å². The van der Waals surface area contributed by atoms with Crippen molar-refractivity contribution in [2.75, 3.05) is 12.0 Å². The largest absolute Gasteiger partial charge is 0.504 e. The summed E-state index contributed by atoms with van der Waals surface area (Å²) in [6.07, 6.45) is 2.93. The number of rotatable bonds is 6. The van der Waals surface area contributed by atoms with E-state index in [4.69, 9.17) is 4.74 Å². The number of thiophene rings is 1. The van der Waals surface area contributed by atoms with Crippen molar-refractivity contribution in [2.24, 2.45) is 5.10 Å². The second kappa shape index (κ2) is 8.24. The zero-order valence-corrected chi connectivity index (χ0v) is 16.3. The first kappa shape index (κ1) is 18.8. The van der Waals surface area contributed by atoms with Crippen LogP contribution in [-0.2, 0) is 0 Å². The van der Waals surface area contributed by atoms with Crippen molar-refractivity contribution >= 4 is 33.6 Å². The van der Waals surface area contributed by atoms with Crippen molar-refractivity contribution in [3.05, 3.63) is 66.2 Å². The Morgan fingerprint density at radius 2 is 1.97 bits per heavy atom. The summed E-state index contributed by atoms with van der Waals surface area (Å²) in [6, 6.07) is 13.5. The summed E-state index contributed by atoms with van der Waals surface area (Å²) < 4.78 is 19.4. The predicted octanol–water partition coefficient (Wildman–Crippen LogP) is 5.05. The Labute approximate surface area is 170 Å². The van der Waals surface area contributed by atoms with E-state index in [2.05, 4.69) is 20.5 Å². The molecular formula is C21H17FN4O2S. The van der Waals surface area contributed by atoms with E-state index in [1.165, 1.54) is 29.8 Å². The van der Waals surface area contributed by atoms with E-state index in [1.54, 1.807) is 18.3 Å². The third-order valence-corrected chi connectivity index (χ3v) is 5.34. The quantitative estimate of drug-likeness (QED) is 0.345. The van der Waals surface area contributed by atoms with Crippen LogP contribution in [0.25, 0.3) is 20.7 Å². The lowest BCUT2D eigenvalue weighted by molar-refractivity contribution is 0.341. The number of hydrazone groups is 1. The summed E-state index contributed by atoms with van der Waals surface area (Å²) in [5.74, 6) is 0.925. The summed E-state index contributed by atoms with van der Waals surface area (Å²) in [5.41, 5.74) is 4.84. The molecule has 2 aromatic carbocycles. The molecule has 8 heteroatoms. The average Bonchev–Trinajstić information content (AvgIpc) is 3.08. The highest BCUT2D eigenvalue weighted by molar-refractivity contribution is 7.23. The molecule has 0 aliphatic heterocycles. The van der Waals surface area contributed by atoms with Gasteiger partial charge in [0.2, 0.25) is 0 Å². The van der Waals surface area contributed by atoms with E-state index in [1.807, 2.05) is 31.2 Å². The highest BCUT2D eigenvalue weighted by Gasteiger charge is 2.19. The van der Waals surface area contributed by atoms with Crippen LogP contribution in [-0.4, -0.2) is 27.9 Å². The Hall–Kier alpha value is -3.52. The molecule has 4 aromatic rings. The highest BCUT2D eigenvalue weighted by atomic mass is 32.1. The van der Waals surface area contributed by atoms with Gasteiger partial charge in [0.1, 0.15) is 28.1 Å². The van der Waals surface area contributed by atoms with Crippen LogP contribution in [0.1, 0.15) is 12.5 Å². The van der Waals surface area contributed by atoms with Gasteiger partial charge >= 0.3 is 0 Å². The molecule has 0 amide bonds. The Morgan fingerprint density at radius 1 is 1.17 bits per heavy atom. The van der Waals surface area contributed by atoms with Gasteiger partial charge in [-0.25, -0.2) is 14.4 Å². The van der Waals surface area contributed by atoms with Crippen LogP contribution in [0.4, 0.5) is 10.2 Å². The van der Waals surface area contributed by atoms with Crippen LogP contribution in [0.15, 0.2) is 60.0 Å². The number of anilines is 1. The van der Waals surface area contributed by atoms with Gasteiger partial charge in [0.25, 0.3) is 0 Å². The van der Waals surface area contributed by atoms with Gasteiger partial charge in [-0.2, -0.15) is 5.10 Å². The van der Waals surface area contributed by atoms with Gasteiger partial charge in [0.05, 0.1) is 17.7 Å². The van der Waals surface area contributed by atoms with E-state index in [0.29, 0.717) is 33.3 Å². The molecule has 2 heterocycles. The van der Waals surface area contributed by atoms with Crippen LogP contribution in [0.2, 0.25) is 0 Å². The van der Waals surface area contributed by atoms with Gasteiger partial charge in [-0.05, 0) is 36.8 Å². The van der Waals surface area contributed by atoms with Crippen molar-refractivity contribution in [3.8, 4) is 21.9 Å². The number of hydrogen-bond donors (Lipinski definition) is 2. The standard InChI is InChI=1S/C21H17FN4O2S/c1-2-28-16-6-4-3-5-15(16)19-18(27)17-20(29-19)21(24-12-23-17)26-25-11-13-7-9-14(22)10-8-13/h3-12,27H,2H2,1H3,(H,23,24,26). The monoisotopic (exact) mass is 408 g/mol. The van der Waals surface area contributed by atoms with Gasteiger partial charge in [-0.15, -0.1) is 11.3 Å². The van der Waals surface area contributed by atoms with Crippen molar-refractivity contribution in [2.45, 2.75) is 6.92 Å². The lowest BCUT2D eigenvalue weighted by atomic mass is 10.1. The molecule has 0 saturated heterocycles. The molecule has 0 fully saturated rings. The molecular weight excluding hydrogens is 391 g/mol. The number of aromatic nitrogens is 2. The molecule has 0 bridgehead atoms. The number of nitrogens with zero attached hydrogens (tertiary/aromatic N) is 3. The lowest BCUT2D eigenvalue weighted by Crippen LogP contribution is -1.94. The van der Waals surface area contributed by atoms with Crippen LogP contribution in [0, 0.1) is 5.82 Å². The average molecular weight is 408 g/mol. The number of fused-ring (bicyclic) bond motifs is 1. The first-order valence-corrected chi connectivity index (χ1v) is 9.72. The van der Waals surface area contributed by atoms with E-state index < -0.39 is 0 Å². The first-order valence-electron chi connectivity index (χ1n) is 8.90. The maximum Gasteiger partial charge on any atom is 0.167 e. The number of halogens is 1. The zero-order chi connectivity index (χ0) is 20.2. The normalized spacial score (nSPS) is 11.2.